The Hall–Kier alpha value is -2.55. The van der Waals surface area contributed by atoms with Gasteiger partial charge in [-0.3, -0.25) is 4.79 Å². The molecule has 1 amide bonds. The Morgan fingerprint density at radius 3 is 2.25 bits per heavy atom. The van der Waals surface area contributed by atoms with Crippen molar-refractivity contribution in [3.8, 4) is 11.5 Å². The van der Waals surface area contributed by atoms with E-state index in [0.717, 1.165) is 17.1 Å². The quantitative estimate of drug-likeness (QED) is 0.839. The topological polar surface area (TPSA) is 38.3 Å². The zero-order valence-electron chi connectivity index (χ0n) is 11.4. The Morgan fingerprint density at radius 1 is 1.05 bits per heavy atom. The number of nitrogens with one attached hydrogen (secondary N) is 1. The smallest absolute Gasteiger partial charge is 0.246 e. The number of ether oxygens (including phenoxy) is 1. The summed E-state index contributed by atoms with van der Waals surface area (Å²) in [5.74, 6) is 1.44. The van der Waals surface area contributed by atoms with Gasteiger partial charge in [0.05, 0.1) is 0 Å². The van der Waals surface area contributed by atoms with Gasteiger partial charge in [0.1, 0.15) is 11.5 Å². The van der Waals surface area contributed by atoms with Crippen molar-refractivity contribution in [3.05, 3.63) is 72.3 Å². The predicted octanol–water partition coefficient (Wildman–Crippen LogP) is 3.67. The molecule has 0 bridgehead atoms. The van der Waals surface area contributed by atoms with Crippen LogP contribution in [0.15, 0.2) is 66.7 Å². The van der Waals surface area contributed by atoms with Gasteiger partial charge in [-0.2, -0.15) is 0 Å². The fourth-order valence-electron chi connectivity index (χ4n) is 1.63. The molecule has 2 rings (SSSR count). The molecule has 2 aromatic carbocycles. The molecule has 102 valence electrons. The molecule has 20 heavy (non-hydrogen) atoms. The van der Waals surface area contributed by atoms with E-state index in [1.54, 1.807) is 6.92 Å². The largest absolute Gasteiger partial charge is 0.457 e. The third-order valence-corrected chi connectivity index (χ3v) is 2.74. The van der Waals surface area contributed by atoms with Crippen molar-refractivity contribution in [2.45, 2.75) is 13.5 Å². The highest BCUT2D eigenvalue weighted by Gasteiger charge is 2.02. The van der Waals surface area contributed by atoms with E-state index in [9.17, 15) is 4.79 Å². The fraction of sp³-hybridized carbons (Fsp3) is 0.118. The summed E-state index contributed by atoms with van der Waals surface area (Å²) in [6.07, 6.45) is 0. The van der Waals surface area contributed by atoms with E-state index in [-0.39, 0.29) is 5.91 Å². The van der Waals surface area contributed by atoms with E-state index in [0.29, 0.717) is 12.1 Å². The summed E-state index contributed by atoms with van der Waals surface area (Å²) < 4.78 is 5.70. The number of carbonyl (C=O) groups is 1. The van der Waals surface area contributed by atoms with Gasteiger partial charge in [-0.1, -0.05) is 36.9 Å². The fourth-order valence-corrected chi connectivity index (χ4v) is 1.63. The van der Waals surface area contributed by atoms with Gasteiger partial charge in [0.15, 0.2) is 0 Å². The molecule has 0 fully saturated rings. The molecule has 0 aliphatic carbocycles. The number of hydrogen-bond donors (Lipinski definition) is 1. The average molecular weight is 267 g/mol. The van der Waals surface area contributed by atoms with Crippen LogP contribution in [0, 0.1) is 0 Å². The minimum atomic E-state index is -0.130. The molecule has 0 heterocycles. The Labute approximate surface area is 118 Å². The molecule has 0 spiro atoms. The van der Waals surface area contributed by atoms with Crippen LogP contribution in [0.3, 0.4) is 0 Å². The summed E-state index contributed by atoms with van der Waals surface area (Å²) in [5, 5.41) is 2.79. The van der Waals surface area contributed by atoms with Gasteiger partial charge in [-0.05, 0) is 36.8 Å². The lowest BCUT2D eigenvalue weighted by Gasteiger charge is -2.07. The third kappa shape index (κ3) is 3.99. The van der Waals surface area contributed by atoms with Crippen LogP contribution in [0.4, 0.5) is 0 Å². The van der Waals surface area contributed by atoms with Gasteiger partial charge < -0.3 is 10.1 Å². The third-order valence-electron chi connectivity index (χ3n) is 2.74. The van der Waals surface area contributed by atoms with Crippen LogP contribution < -0.4 is 10.1 Å². The van der Waals surface area contributed by atoms with Gasteiger partial charge in [0.25, 0.3) is 0 Å². The first-order chi connectivity index (χ1) is 9.65. The highest BCUT2D eigenvalue weighted by atomic mass is 16.5. The van der Waals surface area contributed by atoms with Crippen LogP contribution in [0.25, 0.3) is 0 Å². The molecule has 0 aliphatic rings. The van der Waals surface area contributed by atoms with E-state index in [1.807, 2.05) is 54.6 Å². The van der Waals surface area contributed by atoms with E-state index < -0.39 is 0 Å². The Bertz CT molecular complexity index is 588. The van der Waals surface area contributed by atoms with Gasteiger partial charge in [0.2, 0.25) is 5.91 Å². The standard InChI is InChI=1S/C17H17NO2/c1-13(2)17(19)18-12-14-8-10-16(11-9-14)20-15-6-4-3-5-7-15/h3-11H,1,12H2,2H3,(H,18,19). The Morgan fingerprint density at radius 2 is 1.65 bits per heavy atom. The Balaban J connectivity index is 1.93. The molecule has 0 unspecified atom stereocenters. The second kappa shape index (κ2) is 6.57. The van der Waals surface area contributed by atoms with Crippen molar-refractivity contribution in [1.29, 1.82) is 0 Å². The first-order valence-electron chi connectivity index (χ1n) is 6.41. The van der Waals surface area contributed by atoms with Gasteiger partial charge in [0, 0.05) is 12.1 Å². The van der Waals surface area contributed by atoms with Gasteiger partial charge >= 0.3 is 0 Å². The molecule has 0 aromatic heterocycles. The highest BCUT2D eigenvalue weighted by molar-refractivity contribution is 5.91. The van der Waals surface area contributed by atoms with E-state index in [2.05, 4.69) is 11.9 Å². The van der Waals surface area contributed by atoms with E-state index in [4.69, 9.17) is 4.74 Å². The lowest BCUT2D eigenvalue weighted by atomic mass is 10.2. The minimum Gasteiger partial charge on any atom is -0.457 e. The molecular formula is C17H17NO2. The molecule has 3 nitrogen and oxygen atoms in total. The van der Waals surface area contributed by atoms with Crippen LogP contribution in [-0.4, -0.2) is 5.91 Å². The predicted molar refractivity (Wildman–Crippen MR) is 79.6 cm³/mol. The van der Waals surface area contributed by atoms with Gasteiger partial charge in [-0.25, -0.2) is 0 Å². The lowest BCUT2D eigenvalue weighted by molar-refractivity contribution is -0.117. The van der Waals surface area contributed by atoms with Crippen molar-refractivity contribution in [2.24, 2.45) is 0 Å². The van der Waals surface area contributed by atoms with Gasteiger partial charge in [-0.15, -0.1) is 0 Å². The number of amides is 1. The molecule has 3 heteroatoms. The number of hydrogen-bond acceptors (Lipinski definition) is 2. The van der Waals surface area contributed by atoms with Crippen LogP contribution in [0.1, 0.15) is 12.5 Å². The van der Waals surface area contributed by atoms with Crippen LogP contribution in [0.5, 0.6) is 11.5 Å². The normalized spacial score (nSPS) is 9.85. The van der Waals surface area contributed by atoms with Crippen LogP contribution >= 0.6 is 0 Å². The van der Waals surface area contributed by atoms with Crippen molar-refractivity contribution in [2.75, 3.05) is 0 Å². The maximum atomic E-state index is 11.4. The van der Waals surface area contributed by atoms with Crippen molar-refractivity contribution in [3.63, 3.8) is 0 Å². The number of carbonyl (C=O) groups excluding carboxylic acids is 1. The zero-order chi connectivity index (χ0) is 14.4. The SMILES string of the molecule is C=C(C)C(=O)NCc1ccc(Oc2ccccc2)cc1. The maximum Gasteiger partial charge on any atom is 0.246 e. The van der Waals surface area contributed by atoms with Crippen molar-refractivity contribution >= 4 is 5.91 Å². The summed E-state index contributed by atoms with van der Waals surface area (Å²) >= 11 is 0. The summed E-state index contributed by atoms with van der Waals surface area (Å²) in [5.41, 5.74) is 1.52. The Kier molecular flexibility index (Phi) is 4.56. The molecule has 0 saturated carbocycles. The zero-order valence-corrected chi connectivity index (χ0v) is 11.4. The number of benzene rings is 2. The molecule has 2 aromatic rings. The highest BCUT2D eigenvalue weighted by Crippen LogP contribution is 2.20. The van der Waals surface area contributed by atoms with E-state index in [1.165, 1.54) is 0 Å². The first-order valence-corrected chi connectivity index (χ1v) is 6.41. The van der Waals surface area contributed by atoms with Crippen LogP contribution in [-0.2, 0) is 11.3 Å². The number of para-hydroxylation sites is 1. The molecule has 0 atom stereocenters. The summed E-state index contributed by atoms with van der Waals surface area (Å²) in [6, 6.07) is 17.2. The molecular weight excluding hydrogens is 250 g/mol. The van der Waals surface area contributed by atoms with Crippen LogP contribution in [0.2, 0.25) is 0 Å². The molecule has 1 N–H and O–H groups in total. The molecule has 0 saturated heterocycles. The summed E-state index contributed by atoms with van der Waals surface area (Å²) in [6.45, 7) is 5.77. The van der Waals surface area contributed by atoms with E-state index >= 15 is 0 Å². The average Bonchev–Trinajstić information content (AvgIpc) is 2.47. The summed E-state index contributed by atoms with van der Waals surface area (Å²) in [4.78, 5) is 11.4. The first kappa shape index (κ1) is 13.9. The monoisotopic (exact) mass is 267 g/mol. The second-order valence-corrected chi connectivity index (χ2v) is 4.52. The maximum absolute atomic E-state index is 11.4. The molecule has 0 aliphatic heterocycles. The van der Waals surface area contributed by atoms with Crippen molar-refractivity contribution < 1.29 is 9.53 Å². The lowest BCUT2D eigenvalue weighted by Crippen LogP contribution is -2.22. The molecule has 0 radical (unpaired) electrons. The minimum absolute atomic E-state index is 0.130. The number of rotatable bonds is 5. The van der Waals surface area contributed by atoms with Crippen molar-refractivity contribution in [1.82, 2.24) is 5.32 Å². The summed E-state index contributed by atoms with van der Waals surface area (Å²) in [7, 11) is 0. The second-order valence-electron chi connectivity index (χ2n) is 4.52.